The van der Waals surface area contributed by atoms with Crippen molar-refractivity contribution in [2.24, 2.45) is 0 Å². The molecular formula is C16H25NO2S. The van der Waals surface area contributed by atoms with Crippen molar-refractivity contribution in [3.05, 3.63) is 35.4 Å². The number of carboxylic acids is 1. The van der Waals surface area contributed by atoms with Gasteiger partial charge < -0.3 is 10.4 Å². The van der Waals surface area contributed by atoms with Crippen LogP contribution < -0.4 is 5.32 Å². The van der Waals surface area contributed by atoms with Crippen LogP contribution in [0.15, 0.2) is 24.3 Å². The Morgan fingerprint density at radius 3 is 2.50 bits per heavy atom. The number of carboxylic acid groups (broad SMARTS) is 1. The average Bonchev–Trinajstić information content (AvgIpc) is 2.45. The Labute approximate surface area is 126 Å². The fourth-order valence-electron chi connectivity index (χ4n) is 1.87. The third kappa shape index (κ3) is 5.97. The first-order valence-corrected chi connectivity index (χ1v) is 8.32. The highest BCUT2D eigenvalue weighted by Gasteiger charge is 2.12. The first-order valence-electron chi connectivity index (χ1n) is 7.17. The van der Waals surface area contributed by atoms with Crippen LogP contribution in [0, 0.1) is 0 Å². The minimum absolute atomic E-state index is 0.443. The molecule has 0 spiro atoms. The first kappa shape index (κ1) is 17.1. The zero-order chi connectivity index (χ0) is 15.0. The van der Waals surface area contributed by atoms with E-state index in [2.05, 4.69) is 19.2 Å². The first-order chi connectivity index (χ1) is 9.54. The smallest absolute Gasteiger partial charge is 0.310 e. The number of nitrogens with one attached hydrogen (secondary N) is 1. The van der Waals surface area contributed by atoms with Crippen LogP contribution in [-0.4, -0.2) is 28.6 Å². The summed E-state index contributed by atoms with van der Waals surface area (Å²) in [6.45, 7) is 6.93. The van der Waals surface area contributed by atoms with Crippen LogP contribution in [0.5, 0.6) is 0 Å². The lowest BCUT2D eigenvalue weighted by Crippen LogP contribution is -2.26. The van der Waals surface area contributed by atoms with Crippen molar-refractivity contribution in [2.45, 2.75) is 45.7 Å². The van der Waals surface area contributed by atoms with Crippen LogP contribution in [-0.2, 0) is 11.3 Å². The predicted molar refractivity (Wildman–Crippen MR) is 86.4 cm³/mol. The molecule has 0 fully saturated rings. The molecule has 0 amide bonds. The minimum atomic E-state index is -0.780. The summed E-state index contributed by atoms with van der Waals surface area (Å²) < 4.78 is 0. The van der Waals surface area contributed by atoms with E-state index in [1.54, 1.807) is 6.92 Å². The second kappa shape index (κ2) is 9.03. The predicted octanol–water partition coefficient (Wildman–Crippen LogP) is 3.50. The lowest BCUT2D eigenvalue weighted by Gasteiger charge is -2.14. The van der Waals surface area contributed by atoms with Crippen molar-refractivity contribution < 1.29 is 9.90 Å². The van der Waals surface area contributed by atoms with Gasteiger partial charge in [0.2, 0.25) is 0 Å². The molecule has 0 aliphatic heterocycles. The zero-order valence-electron chi connectivity index (χ0n) is 12.6. The van der Waals surface area contributed by atoms with Crippen LogP contribution >= 0.6 is 11.8 Å². The van der Waals surface area contributed by atoms with Gasteiger partial charge in [-0.25, -0.2) is 0 Å². The van der Waals surface area contributed by atoms with Crippen molar-refractivity contribution in [3.63, 3.8) is 0 Å². The molecule has 3 nitrogen and oxygen atoms in total. The summed E-state index contributed by atoms with van der Waals surface area (Å²) in [4.78, 5) is 10.9. The molecule has 0 radical (unpaired) electrons. The van der Waals surface area contributed by atoms with E-state index in [0.29, 0.717) is 6.04 Å². The molecule has 20 heavy (non-hydrogen) atoms. The maximum Gasteiger partial charge on any atom is 0.310 e. The van der Waals surface area contributed by atoms with E-state index in [4.69, 9.17) is 5.11 Å². The van der Waals surface area contributed by atoms with Crippen molar-refractivity contribution in [2.75, 3.05) is 11.5 Å². The summed E-state index contributed by atoms with van der Waals surface area (Å²) in [5.74, 6) is 1.15. The molecule has 0 aliphatic rings. The van der Waals surface area contributed by atoms with Gasteiger partial charge in [0.25, 0.3) is 0 Å². The van der Waals surface area contributed by atoms with E-state index >= 15 is 0 Å². The van der Waals surface area contributed by atoms with Gasteiger partial charge in [-0.1, -0.05) is 31.2 Å². The molecule has 0 aliphatic carbocycles. The number of aliphatic carboxylic acids is 1. The number of rotatable bonds is 9. The van der Waals surface area contributed by atoms with Gasteiger partial charge in [-0.2, -0.15) is 11.8 Å². The van der Waals surface area contributed by atoms with E-state index in [9.17, 15) is 4.79 Å². The highest BCUT2D eigenvalue weighted by atomic mass is 32.2. The van der Waals surface area contributed by atoms with Gasteiger partial charge in [0.05, 0.1) is 5.92 Å². The maximum atomic E-state index is 10.9. The fourth-order valence-corrected chi connectivity index (χ4v) is 2.67. The average molecular weight is 295 g/mol. The van der Waals surface area contributed by atoms with E-state index in [0.717, 1.165) is 12.1 Å². The molecule has 112 valence electrons. The lowest BCUT2D eigenvalue weighted by molar-refractivity contribution is -0.138. The molecule has 2 N–H and O–H groups in total. The Morgan fingerprint density at radius 1 is 1.30 bits per heavy atom. The molecule has 0 heterocycles. The van der Waals surface area contributed by atoms with Crippen LogP contribution in [0.4, 0.5) is 0 Å². The summed E-state index contributed by atoms with van der Waals surface area (Å²) in [5, 5.41) is 12.5. The number of hydrogen-bond donors (Lipinski definition) is 2. The highest BCUT2D eigenvalue weighted by Crippen LogP contribution is 2.16. The molecule has 1 aromatic carbocycles. The minimum Gasteiger partial charge on any atom is -0.481 e. The number of hydrogen-bond acceptors (Lipinski definition) is 3. The van der Waals surface area contributed by atoms with Gasteiger partial charge >= 0.3 is 5.97 Å². The van der Waals surface area contributed by atoms with Gasteiger partial charge in [-0.15, -0.1) is 0 Å². The molecular weight excluding hydrogens is 270 g/mol. The Morgan fingerprint density at radius 2 is 1.95 bits per heavy atom. The van der Waals surface area contributed by atoms with E-state index in [1.807, 2.05) is 36.0 Å². The second-order valence-corrected chi connectivity index (χ2v) is 6.46. The maximum absolute atomic E-state index is 10.9. The molecule has 0 saturated heterocycles. The molecule has 2 unspecified atom stereocenters. The van der Waals surface area contributed by atoms with Crippen molar-refractivity contribution in [1.29, 1.82) is 0 Å². The molecule has 0 aromatic heterocycles. The molecule has 2 atom stereocenters. The monoisotopic (exact) mass is 295 g/mol. The van der Waals surface area contributed by atoms with Gasteiger partial charge in [0, 0.05) is 12.6 Å². The molecule has 0 bridgehead atoms. The van der Waals surface area contributed by atoms with Gasteiger partial charge in [0.15, 0.2) is 0 Å². The topological polar surface area (TPSA) is 49.3 Å². The van der Waals surface area contributed by atoms with Crippen LogP contribution in [0.2, 0.25) is 0 Å². The third-order valence-electron chi connectivity index (χ3n) is 3.40. The third-order valence-corrected chi connectivity index (χ3v) is 4.34. The summed E-state index contributed by atoms with van der Waals surface area (Å²) in [6, 6.07) is 8.34. The summed E-state index contributed by atoms with van der Waals surface area (Å²) in [5.41, 5.74) is 2.05. The molecule has 1 aromatic rings. The quantitative estimate of drug-likeness (QED) is 0.685. The summed E-state index contributed by atoms with van der Waals surface area (Å²) in [7, 11) is 0. The highest BCUT2D eigenvalue weighted by molar-refractivity contribution is 7.99. The van der Waals surface area contributed by atoms with Crippen LogP contribution in [0.3, 0.4) is 0 Å². The zero-order valence-corrected chi connectivity index (χ0v) is 13.4. The second-order valence-electron chi connectivity index (χ2n) is 5.07. The van der Waals surface area contributed by atoms with Gasteiger partial charge in [0.1, 0.15) is 0 Å². The Bertz CT molecular complexity index is 405. The van der Waals surface area contributed by atoms with Gasteiger partial charge in [-0.05, 0) is 42.9 Å². The number of carbonyl (C=O) groups is 1. The normalized spacial score (nSPS) is 13.9. The van der Waals surface area contributed by atoms with Crippen molar-refractivity contribution >= 4 is 17.7 Å². The summed E-state index contributed by atoms with van der Waals surface area (Å²) in [6.07, 6.45) is 1.17. The number of benzene rings is 1. The Kier molecular flexibility index (Phi) is 7.70. The SMILES string of the molecule is CCSCCC(C)NCc1ccc(C(C)C(=O)O)cc1. The Hall–Kier alpha value is -1.00. The van der Waals surface area contributed by atoms with Gasteiger partial charge in [-0.3, -0.25) is 4.79 Å². The molecule has 0 saturated carbocycles. The molecule has 4 heteroatoms. The fraction of sp³-hybridized carbons (Fsp3) is 0.562. The largest absolute Gasteiger partial charge is 0.481 e. The summed E-state index contributed by atoms with van der Waals surface area (Å²) >= 11 is 1.97. The van der Waals surface area contributed by atoms with E-state index in [-0.39, 0.29) is 0 Å². The lowest BCUT2D eigenvalue weighted by atomic mass is 10.00. The van der Waals surface area contributed by atoms with E-state index < -0.39 is 11.9 Å². The van der Waals surface area contributed by atoms with E-state index in [1.165, 1.54) is 23.5 Å². The Balaban J connectivity index is 2.40. The number of thioether (sulfide) groups is 1. The van der Waals surface area contributed by atoms with Crippen LogP contribution in [0.25, 0.3) is 0 Å². The standard InChI is InChI=1S/C16H25NO2S/c1-4-20-10-9-12(2)17-11-14-5-7-15(8-6-14)13(3)16(18)19/h5-8,12-13,17H,4,9-11H2,1-3H3,(H,18,19). The van der Waals surface area contributed by atoms with Crippen molar-refractivity contribution in [1.82, 2.24) is 5.32 Å². The molecule has 1 rings (SSSR count). The van der Waals surface area contributed by atoms with Crippen molar-refractivity contribution in [3.8, 4) is 0 Å². The van der Waals surface area contributed by atoms with Crippen LogP contribution in [0.1, 0.15) is 44.2 Å².